The molecule has 1 aromatic rings. The molecule has 14 heavy (non-hydrogen) atoms. The monoisotopic (exact) mass is 193 g/mol. The summed E-state index contributed by atoms with van der Waals surface area (Å²) in [7, 11) is 1.66. The van der Waals surface area contributed by atoms with Crippen LogP contribution >= 0.6 is 0 Å². The summed E-state index contributed by atoms with van der Waals surface area (Å²) in [6.07, 6.45) is 0.844. The van der Waals surface area contributed by atoms with E-state index in [1.807, 2.05) is 26.0 Å². The summed E-state index contributed by atoms with van der Waals surface area (Å²) in [6, 6.07) is 3.71. The molecule has 0 bridgehead atoms. The van der Waals surface area contributed by atoms with Crippen molar-refractivity contribution in [2.75, 3.05) is 12.8 Å². The lowest BCUT2D eigenvalue weighted by Gasteiger charge is -2.17. The predicted octanol–water partition coefficient (Wildman–Crippen LogP) is 1.99. The molecule has 0 amide bonds. The minimum absolute atomic E-state index is 0.176. The number of anilines is 1. The van der Waals surface area contributed by atoms with E-state index in [1.54, 1.807) is 7.11 Å². The third kappa shape index (κ3) is 1.29. The van der Waals surface area contributed by atoms with E-state index >= 15 is 0 Å². The molecule has 0 aromatic heterocycles. The molecule has 0 unspecified atom stereocenters. The van der Waals surface area contributed by atoms with Gasteiger partial charge in [0.2, 0.25) is 0 Å². The molecule has 1 aliphatic heterocycles. The number of nitrogen functional groups attached to an aromatic ring is 1. The van der Waals surface area contributed by atoms with Gasteiger partial charge in [-0.2, -0.15) is 0 Å². The van der Waals surface area contributed by atoms with Crippen molar-refractivity contribution < 1.29 is 9.47 Å². The molecule has 0 saturated heterocycles. The van der Waals surface area contributed by atoms with Crippen LogP contribution in [0.25, 0.3) is 0 Å². The van der Waals surface area contributed by atoms with E-state index < -0.39 is 0 Å². The first kappa shape index (κ1) is 9.19. The fourth-order valence-electron chi connectivity index (χ4n) is 1.85. The van der Waals surface area contributed by atoms with Crippen molar-refractivity contribution in [1.82, 2.24) is 0 Å². The van der Waals surface area contributed by atoms with Gasteiger partial charge in [0.25, 0.3) is 0 Å². The van der Waals surface area contributed by atoms with Gasteiger partial charge in [0.05, 0.1) is 12.8 Å². The molecule has 0 saturated carbocycles. The fraction of sp³-hybridized carbons (Fsp3) is 0.455. The predicted molar refractivity (Wildman–Crippen MR) is 55.8 cm³/mol. The van der Waals surface area contributed by atoms with Gasteiger partial charge < -0.3 is 15.2 Å². The molecular formula is C11H15NO2. The quantitative estimate of drug-likeness (QED) is 0.694. The van der Waals surface area contributed by atoms with Crippen molar-refractivity contribution in [2.24, 2.45) is 0 Å². The Morgan fingerprint density at radius 2 is 2.14 bits per heavy atom. The highest BCUT2D eigenvalue weighted by Gasteiger charge is 2.33. The summed E-state index contributed by atoms with van der Waals surface area (Å²) in [5.74, 6) is 1.65. The topological polar surface area (TPSA) is 44.5 Å². The van der Waals surface area contributed by atoms with Gasteiger partial charge in [-0.1, -0.05) is 0 Å². The van der Waals surface area contributed by atoms with Crippen molar-refractivity contribution >= 4 is 5.69 Å². The second-order valence-electron chi connectivity index (χ2n) is 4.20. The smallest absolute Gasteiger partial charge is 0.150 e. The third-order valence-corrected chi connectivity index (χ3v) is 2.45. The summed E-state index contributed by atoms with van der Waals surface area (Å²) >= 11 is 0. The van der Waals surface area contributed by atoms with Crippen LogP contribution in [-0.2, 0) is 6.42 Å². The van der Waals surface area contributed by atoms with Crippen molar-refractivity contribution in [3.05, 3.63) is 17.7 Å². The largest absolute Gasteiger partial charge is 0.496 e. The Morgan fingerprint density at radius 3 is 2.79 bits per heavy atom. The van der Waals surface area contributed by atoms with E-state index in [2.05, 4.69) is 0 Å². The van der Waals surface area contributed by atoms with Gasteiger partial charge in [-0.05, 0) is 26.0 Å². The maximum absolute atomic E-state index is 5.84. The van der Waals surface area contributed by atoms with E-state index in [0.717, 1.165) is 23.5 Å². The van der Waals surface area contributed by atoms with Crippen LogP contribution in [-0.4, -0.2) is 12.7 Å². The molecule has 0 atom stereocenters. The molecule has 1 aromatic carbocycles. The first-order chi connectivity index (χ1) is 6.53. The van der Waals surface area contributed by atoms with Crippen LogP contribution < -0.4 is 15.2 Å². The second kappa shape index (κ2) is 2.80. The van der Waals surface area contributed by atoms with Gasteiger partial charge in [-0.3, -0.25) is 0 Å². The molecule has 3 nitrogen and oxygen atoms in total. The van der Waals surface area contributed by atoms with Crippen LogP contribution in [0.2, 0.25) is 0 Å². The number of hydrogen-bond acceptors (Lipinski definition) is 3. The molecule has 1 aliphatic rings. The summed E-state index contributed by atoms with van der Waals surface area (Å²) in [5.41, 5.74) is 7.43. The molecule has 3 heteroatoms. The van der Waals surface area contributed by atoms with Crippen LogP contribution in [0.5, 0.6) is 11.5 Å². The first-order valence-electron chi connectivity index (χ1n) is 4.68. The van der Waals surface area contributed by atoms with E-state index in [-0.39, 0.29) is 5.60 Å². The van der Waals surface area contributed by atoms with Gasteiger partial charge in [-0.25, -0.2) is 0 Å². The molecule has 1 heterocycles. The molecule has 2 N–H and O–H groups in total. The van der Waals surface area contributed by atoms with Crippen molar-refractivity contribution in [1.29, 1.82) is 0 Å². The molecule has 0 radical (unpaired) electrons. The molecule has 76 valence electrons. The Bertz CT molecular complexity index is 372. The SMILES string of the molecule is COc1ccc(N)c2c1CC(C)(C)O2. The lowest BCUT2D eigenvalue weighted by molar-refractivity contribution is 0.139. The van der Waals surface area contributed by atoms with Gasteiger partial charge in [0, 0.05) is 12.0 Å². The van der Waals surface area contributed by atoms with Crippen molar-refractivity contribution in [3.8, 4) is 11.5 Å². The highest BCUT2D eigenvalue weighted by Crippen LogP contribution is 2.43. The lowest BCUT2D eigenvalue weighted by Crippen LogP contribution is -2.24. The maximum Gasteiger partial charge on any atom is 0.150 e. The number of ether oxygens (including phenoxy) is 2. The van der Waals surface area contributed by atoms with Crippen molar-refractivity contribution in [3.63, 3.8) is 0 Å². The lowest BCUT2D eigenvalue weighted by atomic mass is 10.0. The zero-order valence-corrected chi connectivity index (χ0v) is 8.76. The van der Waals surface area contributed by atoms with E-state index in [0.29, 0.717) is 5.69 Å². The van der Waals surface area contributed by atoms with E-state index in [9.17, 15) is 0 Å². The molecule has 0 aliphatic carbocycles. The van der Waals surface area contributed by atoms with E-state index in [1.165, 1.54) is 0 Å². The Balaban J connectivity index is 2.53. The summed E-state index contributed by atoms with van der Waals surface area (Å²) in [4.78, 5) is 0. The number of fused-ring (bicyclic) bond motifs is 1. The van der Waals surface area contributed by atoms with Crippen LogP contribution in [0.1, 0.15) is 19.4 Å². The second-order valence-corrected chi connectivity index (χ2v) is 4.20. The van der Waals surface area contributed by atoms with Crippen LogP contribution in [0, 0.1) is 0 Å². The van der Waals surface area contributed by atoms with E-state index in [4.69, 9.17) is 15.2 Å². The highest BCUT2D eigenvalue weighted by atomic mass is 16.5. The molecular weight excluding hydrogens is 178 g/mol. The van der Waals surface area contributed by atoms with Crippen LogP contribution in [0.4, 0.5) is 5.69 Å². The molecule has 2 rings (SSSR count). The average molecular weight is 193 g/mol. The normalized spacial score (nSPS) is 17.4. The zero-order chi connectivity index (χ0) is 10.3. The third-order valence-electron chi connectivity index (χ3n) is 2.45. The Hall–Kier alpha value is -1.38. The molecule has 0 spiro atoms. The summed E-state index contributed by atoms with van der Waals surface area (Å²) in [5, 5.41) is 0. The number of methoxy groups -OCH3 is 1. The number of benzene rings is 1. The van der Waals surface area contributed by atoms with Crippen LogP contribution in [0.3, 0.4) is 0 Å². The summed E-state index contributed by atoms with van der Waals surface area (Å²) in [6.45, 7) is 4.10. The van der Waals surface area contributed by atoms with Gasteiger partial charge in [0.1, 0.15) is 17.1 Å². The fourth-order valence-corrected chi connectivity index (χ4v) is 1.85. The first-order valence-corrected chi connectivity index (χ1v) is 4.68. The van der Waals surface area contributed by atoms with Crippen molar-refractivity contribution in [2.45, 2.75) is 25.9 Å². The average Bonchev–Trinajstić information content (AvgIpc) is 2.42. The Kier molecular flexibility index (Phi) is 1.84. The minimum atomic E-state index is -0.176. The summed E-state index contributed by atoms with van der Waals surface area (Å²) < 4.78 is 11.0. The zero-order valence-electron chi connectivity index (χ0n) is 8.76. The number of rotatable bonds is 1. The Labute approximate surface area is 83.8 Å². The maximum atomic E-state index is 5.84. The number of hydrogen-bond donors (Lipinski definition) is 1. The standard InChI is InChI=1S/C11H15NO2/c1-11(2)6-7-9(13-3)5-4-8(12)10(7)14-11/h4-5H,6,12H2,1-3H3. The molecule has 0 fully saturated rings. The Morgan fingerprint density at radius 1 is 1.43 bits per heavy atom. The minimum Gasteiger partial charge on any atom is -0.496 e. The van der Waals surface area contributed by atoms with Gasteiger partial charge >= 0.3 is 0 Å². The van der Waals surface area contributed by atoms with Crippen LogP contribution in [0.15, 0.2) is 12.1 Å². The highest BCUT2D eigenvalue weighted by molar-refractivity contribution is 5.64. The number of nitrogens with two attached hydrogens (primary N) is 1. The van der Waals surface area contributed by atoms with Gasteiger partial charge in [-0.15, -0.1) is 0 Å². The van der Waals surface area contributed by atoms with Gasteiger partial charge in [0.15, 0.2) is 0 Å².